The molecule has 2 aliphatic rings. The van der Waals surface area contributed by atoms with Crippen LogP contribution in [0.4, 0.5) is 0 Å². The lowest BCUT2D eigenvalue weighted by atomic mass is 9.73. The topological polar surface area (TPSA) is 76.4 Å². The van der Waals surface area contributed by atoms with Crippen LogP contribution in [0.5, 0.6) is 0 Å². The minimum Gasteiger partial charge on any atom is -0.461 e. The minimum atomic E-state index is -1.05. The lowest BCUT2D eigenvalue weighted by Gasteiger charge is -2.33. The van der Waals surface area contributed by atoms with Gasteiger partial charge in [-0.3, -0.25) is 9.59 Å². The van der Waals surface area contributed by atoms with Crippen LogP contribution in [-0.2, 0) is 19.1 Å². The van der Waals surface area contributed by atoms with Crippen LogP contribution < -0.4 is 0 Å². The molecule has 1 aliphatic heterocycles. The molecule has 1 heterocycles. The van der Waals surface area contributed by atoms with Gasteiger partial charge in [0.25, 0.3) is 0 Å². The lowest BCUT2D eigenvalue weighted by molar-refractivity contribution is -0.164. The van der Waals surface area contributed by atoms with Crippen molar-refractivity contribution >= 4 is 11.9 Å². The van der Waals surface area contributed by atoms with Crippen LogP contribution in [0.2, 0.25) is 0 Å². The molecule has 25 heavy (non-hydrogen) atoms. The molecule has 2 fully saturated rings. The Labute approximate surface area is 151 Å². The van der Waals surface area contributed by atoms with Crippen LogP contribution >= 0.6 is 0 Å². The second-order valence-corrected chi connectivity index (χ2v) is 9.43. The molecule has 5 atom stereocenters. The summed E-state index contributed by atoms with van der Waals surface area (Å²) in [6, 6.07) is 2.19. The van der Waals surface area contributed by atoms with E-state index in [1.54, 1.807) is 0 Å². The van der Waals surface area contributed by atoms with Gasteiger partial charge in [0.05, 0.1) is 11.5 Å². The van der Waals surface area contributed by atoms with Crippen molar-refractivity contribution in [2.75, 3.05) is 6.61 Å². The SMILES string of the molecule is CCC(C)(CC(C)(C)C)C(=O)OCC1OC(=O)C2(C#N)CC(C)CC12. The second kappa shape index (κ2) is 6.63. The fraction of sp³-hybridized carbons (Fsp3) is 0.850. The van der Waals surface area contributed by atoms with E-state index < -0.39 is 22.9 Å². The number of hydrogen-bond acceptors (Lipinski definition) is 5. The third-order valence-corrected chi connectivity index (χ3v) is 5.80. The zero-order valence-corrected chi connectivity index (χ0v) is 16.3. The molecular formula is C20H31NO4. The van der Waals surface area contributed by atoms with Gasteiger partial charge in [-0.2, -0.15) is 5.26 Å². The van der Waals surface area contributed by atoms with Crippen molar-refractivity contribution in [2.45, 2.75) is 73.3 Å². The standard InChI is InChI=1S/C20H31NO4/c1-7-19(6,11-18(3,4)5)16(22)24-10-15-14-8-13(2)9-20(14,12-21)17(23)25-15/h13-15H,7-11H2,1-6H3. The Bertz CT molecular complexity index is 587. The molecule has 5 heteroatoms. The Morgan fingerprint density at radius 2 is 2.04 bits per heavy atom. The Hall–Kier alpha value is -1.57. The quantitative estimate of drug-likeness (QED) is 0.704. The highest BCUT2D eigenvalue weighted by atomic mass is 16.6. The number of esters is 2. The number of hydrogen-bond donors (Lipinski definition) is 0. The van der Waals surface area contributed by atoms with Crippen molar-refractivity contribution in [3.8, 4) is 6.07 Å². The van der Waals surface area contributed by atoms with Crippen molar-refractivity contribution in [1.82, 2.24) is 0 Å². The summed E-state index contributed by atoms with van der Waals surface area (Å²) < 4.78 is 11.0. The summed E-state index contributed by atoms with van der Waals surface area (Å²) >= 11 is 0. The van der Waals surface area contributed by atoms with Crippen molar-refractivity contribution in [2.24, 2.45) is 28.1 Å². The largest absolute Gasteiger partial charge is 0.461 e. The first-order valence-corrected chi connectivity index (χ1v) is 9.27. The fourth-order valence-electron chi connectivity index (χ4n) is 4.62. The minimum absolute atomic E-state index is 0.0143. The molecule has 140 valence electrons. The molecule has 1 saturated carbocycles. The molecule has 0 aromatic carbocycles. The number of ether oxygens (including phenoxy) is 2. The Morgan fingerprint density at radius 3 is 2.56 bits per heavy atom. The van der Waals surface area contributed by atoms with E-state index in [1.165, 1.54) is 0 Å². The van der Waals surface area contributed by atoms with E-state index in [0.29, 0.717) is 18.8 Å². The molecule has 0 N–H and O–H groups in total. The van der Waals surface area contributed by atoms with Gasteiger partial charge < -0.3 is 9.47 Å². The maximum Gasteiger partial charge on any atom is 0.327 e. The molecule has 0 spiro atoms. The van der Waals surface area contributed by atoms with Gasteiger partial charge >= 0.3 is 11.9 Å². The molecule has 2 rings (SSSR count). The summed E-state index contributed by atoms with van der Waals surface area (Å²) in [5, 5.41) is 9.55. The highest BCUT2D eigenvalue weighted by Gasteiger charge is 2.62. The van der Waals surface area contributed by atoms with Crippen LogP contribution in [0.1, 0.15) is 67.2 Å². The summed E-state index contributed by atoms with van der Waals surface area (Å²) in [5.74, 6) is -0.569. The fourth-order valence-corrected chi connectivity index (χ4v) is 4.62. The average Bonchev–Trinajstić information content (AvgIpc) is 2.97. The molecule has 5 unspecified atom stereocenters. The highest BCUT2D eigenvalue weighted by molar-refractivity contribution is 5.83. The normalized spacial score (nSPS) is 34.0. The molecule has 0 bridgehead atoms. The lowest BCUT2D eigenvalue weighted by Crippen LogP contribution is -2.36. The number of nitriles is 1. The van der Waals surface area contributed by atoms with E-state index >= 15 is 0 Å². The molecular weight excluding hydrogens is 318 g/mol. The maximum atomic E-state index is 12.7. The van der Waals surface area contributed by atoms with Crippen molar-refractivity contribution < 1.29 is 19.1 Å². The number of nitrogens with zero attached hydrogens (tertiary/aromatic N) is 1. The third-order valence-electron chi connectivity index (χ3n) is 5.80. The van der Waals surface area contributed by atoms with E-state index in [-0.39, 0.29) is 23.9 Å². The molecule has 0 aromatic heterocycles. The molecule has 0 amide bonds. The molecule has 1 aliphatic carbocycles. The van der Waals surface area contributed by atoms with E-state index in [2.05, 4.69) is 26.8 Å². The smallest absolute Gasteiger partial charge is 0.327 e. The van der Waals surface area contributed by atoms with E-state index in [4.69, 9.17) is 9.47 Å². The Kier molecular flexibility index (Phi) is 5.23. The number of rotatable bonds is 5. The van der Waals surface area contributed by atoms with Crippen molar-refractivity contribution in [3.63, 3.8) is 0 Å². The summed E-state index contributed by atoms with van der Waals surface area (Å²) in [6.45, 7) is 12.3. The average molecular weight is 349 g/mol. The zero-order valence-electron chi connectivity index (χ0n) is 16.3. The van der Waals surface area contributed by atoms with Gasteiger partial charge in [-0.15, -0.1) is 0 Å². The highest BCUT2D eigenvalue weighted by Crippen LogP contribution is 2.53. The van der Waals surface area contributed by atoms with Crippen LogP contribution in [0, 0.1) is 39.4 Å². The van der Waals surface area contributed by atoms with Crippen LogP contribution in [0.3, 0.4) is 0 Å². The summed E-state index contributed by atoms with van der Waals surface area (Å²) in [6.07, 6.45) is 2.21. The maximum absolute atomic E-state index is 12.7. The Morgan fingerprint density at radius 1 is 1.40 bits per heavy atom. The summed E-state index contributed by atoms with van der Waals surface area (Å²) in [4.78, 5) is 25.0. The first kappa shape index (κ1) is 19.8. The first-order chi connectivity index (χ1) is 11.5. The number of fused-ring (bicyclic) bond motifs is 1. The van der Waals surface area contributed by atoms with Crippen molar-refractivity contribution in [1.29, 1.82) is 5.26 Å². The summed E-state index contributed by atoms with van der Waals surface area (Å²) in [7, 11) is 0. The number of cyclic esters (lactones) is 1. The molecule has 1 saturated heterocycles. The van der Waals surface area contributed by atoms with Gasteiger partial charge in [0, 0.05) is 5.92 Å². The van der Waals surface area contributed by atoms with Crippen LogP contribution in [0.25, 0.3) is 0 Å². The predicted molar refractivity (Wildman–Crippen MR) is 93.2 cm³/mol. The predicted octanol–water partition coefficient (Wildman–Crippen LogP) is 3.86. The monoisotopic (exact) mass is 349 g/mol. The van der Waals surface area contributed by atoms with Crippen LogP contribution in [0.15, 0.2) is 0 Å². The zero-order chi connectivity index (χ0) is 19.0. The van der Waals surface area contributed by atoms with Gasteiger partial charge in [0.2, 0.25) is 0 Å². The third kappa shape index (κ3) is 3.68. The second-order valence-electron chi connectivity index (χ2n) is 9.43. The van der Waals surface area contributed by atoms with E-state index in [0.717, 1.165) is 12.8 Å². The molecule has 5 nitrogen and oxygen atoms in total. The van der Waals surface area contributed by atoms with E-state index in [9.17, 15) is 14.9 Å². The van der Waals surface area contributed by atoms with Gasteiger partial charge in [-0.1, -0.05) is 34.6 Å². The first-order valence-electron chi connectivity index (χ1n) is 9.27. The van der Waals surface area contributed by atoms with Crippen LogP contribution in [-0.4, -0.2) is 24.6 Å². The number of carbonyl (C=O) groups is 2. The van der Waals surface area contributed by atoms with E-state index in [1.807, 2.05) is 20.8 Å². The van der Waals surface area contributed by atoms with Gasteiger partial charge in [0.15, 0.2) is 5.41 Å². The van der Waals surface area contributed by atoms with Crippen molar-refractivity contribution in [3.05, 3.63) is 0 Å². The van der Waals surface area contributed by atoms with Gasteiger partial charge in [0.1, 0.15) is 12.7 Å². The molecule has 0 aromatic rings. The number of carbonyl (C=O) groups excluding carboxylic acids is 2. The van der Waals surface area contributed by atoms with Gasteiger partial charge in [-0.25, -0.2) is 0 Å². The summed E-state index contributed by atoms with van der Waals surface area (Å²) in [5.41, 5.74) is -1.59. The van der Waals surface area contributed by atoms with Gasteiger partial charge in [-0.05, 0) is 43.9 Å². The Balaban J connectivity index is 2.05. The molecule has 0 radical (unpaired) electrons.